The van der Waals surface area contributed by atoms with Crippen LogP contribution in [0.25, 0.3) is 10.9 Å². The predicted octanol–water partition coefficient (Wildman–Crippen LogP) is 2.20. The third kappa shape index (κ3) is 4.36. The fourth-order valence-electron chi connectivity index (χ4n) is 3.74. The van der Waals surface area contributed by atoms with Crippen LogP contribution in [0.5, 0.6) is 0 Å². The molecule has 2 atom stereocenters. The molecule has 1 aromatic heterocycles. The second-order valence-corrected chi connectivity index (χ2v) is 10.2. The number of aryl methyl sites for hydroxylation is 1. The highest BCUT2D eigenvalue weighted by atomic mass is 35.5. The van der Waals surface area contributed by atoms with E-state index in [1.165, 1.54) is 0 Å². The number of fused-ring (bicyclic) bond motifs is 1. The average Bonchev–Trinajstić information content (AvgIpc) is 3.02. The van der Waals surface area contributed by atoms with Crippen LogP contribution < -0.4 is 10.0 Å². The molecular weight excluding hydrogens is 465 g/mol. The number of aromatic nitrogens is 1. The van der Waals surface area contributed by atoms with Crippen molar-refractivity contribution in [1.82, 2.24) is 18.9 Å². The maximum atomic E-state index is 13.0. The second kappa shape index (κ2) is 8.31. The first-order valence-corrected chi connectivity index (χ1v) is 11.5. The van der Waals surface area contributed by atoms with E-state index in [0.29, 0.717) is 21.1 Å². The summed E-state index contributed by atoms with van der Waals surface area (Å²) in [7, 11) is -2.35. The number of piperidine rings is 1. The van der Waals surface area contributed by atoms with E-state index < -0.39 is 33.5 Å². The highest BCUT2D eigenvalue weighted by molar-refractivity contribution is 7.87. The molecule has 0 radical (unpaired) electrons. The van der Waals surface area contributed by atoms with Crippen molar-refractivity contribution in [3.8, 4) is 6.07 Å². The first-order chi connectivity index (χ1) is 14.4. The SMILES string of the molecule is CC(=O)NS(=O)(=O)N1CCC(NC(=O)c2cc3c(Cl)c(Cl)ccc3n2C)C(C)(C#N)C1. The van der Waals surface area contributed by atoms with Crippen LogP contribution in [0.15, 0.2) is 18.2 Å². The molecule has 0 saturated carbocycles. The van der Waals surface area contributed by atoms with Gasteiger partial charge in [-0.05, 0) is 31.5 Å². The van der Waals surface area contributed by atoms with Crippen LogP contribution in [0.3, 0.4) is 0 Å². The largest absolute Gasteiger partial charge is 0.346 e. The number of rotatable bonds is 4. The van der Waals surface area contributed by atoms with Crippen molar-refractivity contribution in [2.75, 3.05) is 13.1 Å². The first kappa shape index (κ1) is 23.3. The maximum Gasteiger partial charge on any atom is 0.303 e. The molecule has 0 spiro atoms. The van der Waals surface area contributed by atoms with Gasteiger partial charge in [0, 0.05) is 38.0 Å². The number of carbonyl (C=O) groups excluding carboxylic acids is 2. The Hall–Kier alpha value is -2.32. The number of benzene rings is 1. The van der Waals surface area contributed by atoms with Crippen molar-refractivity contribution >= 4 is 56.1 Å². The fraction of sp³-hybridized carbons (Fsp3) is 0.421. The Balaban J connectivity index is 1.85. The third-order valence-electron chi connectivity index (χ3n) is 5.46. The molecule has 3 rings (SSSR count). The van der Waals surface area contributed by atoms with Crippen molar-refractivity contribution in [3.63, 3.8) is 0 Å². The summed E-state index contributed by atoms with van der Waals surface area (Å²) in [5.41, 5.74) is -0.156. The summed E-state index contributed by atoms with van der Waals surface area (Å²) >= 11 is 12.3. The van der Waals surface area contributed by atoms with Crippen LogP contribution in [0.1, 0.15) is 30.8 Å². The Labute approximate surface area is 190 Å². The van der Waals surface area contributed by atoms with E-state index in [9.17, 15) is 23.3 Å². The van der Waals surface area contributed by atoms with Crippen molar-refractivity contribution in [2.45, 2.75) is 26.3 Å². The Bertz CT molecular complexity index is 1220. The number of nitrogens with one attached hydrogen (secondary N) is 2. The van der Waals surface area contributed by atoms with E-state index in [1.54, 1.807) is 36.7 Å². The quantitative estimate of drug-likeness (QED) is 0.686. The number of nitriles is 1. The molecular formula is C19H21Cl2N5O4S. The molecule has 1 aliphatic heterocycles. The van der Waals surface area contributed by atoms with E-state index in [2.05, 4.69) is 11.4 Å². The van der Waals surface area contributed by atoms with Crippen molar-refractivity contribution in [2.24, 2.45) is 12.5 Å². The molecule has 31 heavy (non-hydrogen) atoms. The van der Waals surface area contributed by atoms with E-state index >= 15 is 0 Å². The minimum atomic E-state index is -4.06. The summed E-state index contributed by atoms with van der Waals surface area (Å²) < 4.78 is 29.3. The van der Waals surface area contributed by atoms with Crippen LogP contribution in [0.4, 0.5) is 0 Å². The topological polar surface area (TPSA) is 124 Å². The predicted molar refractivity (Wildman–Crippen MR) is 117 cm³/mol. The number of halogens is 2. The Morgan fingerprint density at radius 3 is 2.61 bits per heavy atom. The zero-order valence-corrected chi connectivity index (χ0v) is 19.4. The molecule has 166 valence electrons. The molecule has 2 heterocycles. The third-order valence-corrected chi connectivity index (χ3v) is 7.82. The molecule has 0 bridgehead atoms. The number of amides is 2. The van der Waals surface area contributed by atoms with Crippen molar-refractivity contribution in [3.05, 3.63) is 33.9 Å². The van der Waals surface area contributed by atoms with Crippen LogP contribution in [-0.4, -0.2) is 48.2 Å². The standard InChI is InChI=1S/C19H21Cl2N5O4S/c1-11(27)24-31(29,30)26-7-6-16(19(2,9-22)10-26)23-18(28)15-8-12-14(25(15)3)5-4-13(20)17(12)21/h4-5,8,16H,6-7,10H2,1-3H3,(H,23,28)(H,24,27). The van der Waals surface area contributed by atoms with Crippen LogP contribution >= 0.6 is 23.2 Å². The number of hydrogen-bond acceptors (Lipinski definition) is 5. The van der Waals surface area contributed by atoms with Crippen LogP contribution in [0, 0.1) is 16.7 Å². The molecule has 1 saturated heterocycles. The molecule has 9 nitrogen and oxygen atoms in total. The van der Waals surface area contributed by atoms with Gasteiger partial charge in [0.2, 0.25) is 5.91 Å². The summed E-state index contributed by atoms with van der Waals surface area (Å²) in [5, 5.41) is 14.0. The van der Waals surface area contributed by atoms with E-state index in [0.717, 1.165) is 16.7 Å². The Morgan fingerprint density at radius 2 is 2.00 bits per heavy atom. The van der Waals surface area contributed by atoms with Gasteiger partial charge < -0.3 is 9.88 Å². The normalized spacial score (nSPS) is 22.1. The number of hydrogen-bond donors (Lipinski definition) is 2. The lowest BCUT2D eigenvalue weighted by molar-refractivity contribution is -0.117. The second-order valence-electron chi connectivity index (χ2n) is 7.72. The molecule has 2 aromatic rings. The first-order valence-electron chi connectivity index (χ1n) is 9.33. The van der Waals surface area contributed by atoms with Gasteiger partial charge in [0.25, 0.3) is 5.91 Å². The zero-order chi connectivity index (χ0) is 23.1. The zero-order valence-electron chi connectivity index (χ0n) is 17.1. The van der Waals surface area contributed by atoms with Gasteiger partial charge in [0.1, 0.15) is 5.69 Å². The summed E-state index contributed by atoms with van der Waals surface area (Å²) in [5.74, 6) is -1.14. The lowest BCUT2D eigenvalue weighted by atomic mass is 9.79. The molecule has 1 fully saturated rings. The minimum absolute atomic E-state index is 0.0430. The lowest BCUT2D eigenvalue weighted by Crippen LogP contribution is -2.59. The lowest BCUT2D eigenvalue weighted by Gasteiger charge is -2.41. The van der Waals surface area contributed by atoms with Crippen LogP contribution in [0.2, 0.25) is 10.0 Å². The van der Waals surface area contributed by atoms with Crippen molar-refractivity contribution < 1.29 is 18.0 Å². The maximum absolute atomic E-state index is 13.0. The highest BCUT2D eigenvalue weighted by Crippen LogP contribution is 2.34. The summed E-state index contributed by atoms with van der Waals surface area (Å²) in [6, 6.07) is 6.54. The van der Waals surface area contributed by atoms with Gasteiger partial charge in [-0.2, -0.15) is 18.0 Å². The molecule has 1 aromatic carbocycles. The molecule has 2 amide bonds. The van der Waals surface area contributed by atoms with Gasteiger partial charge in [0.15, 0.2) is 0 Å². The molecule has 2 N–H and O–H groups in total. The van der Waals surface area contributed by atoms with E-state index in [-0.39, 0.29) is 19.5 Å². The Kier molecular flexibility index (Phi) is 6.26. The summed E-state index contributed by atoms with van der Waals surface area (Å²) in [6.07, 6.45) is 0.200. The van der Waals surface area contributed by atoms with Gasteiger partial charge in [0.05, 0.1) is 27.6 Å². The molecule has 0 aliphatic carbocycles. The fourth-order valence-corrected chi connectivity index (χ4v) is 5.40. The highest BCUT2D eigenvalue weighted by Gasteiger charge is 2.44. The smallest absolute Gasteiger partial charge is 0.303 e. The molecule has 1 aliphatic rings. The van der Waals surface area contributed by atoms with Crippen LogP contribution in [-0.2, 0) is 22.1 Å². The molecule has 12 heteroatoms. The van der Waals surface area contributed by atoms with Gasteiger partial charge in [-0.15, -0.1) is 0 Å². The molecule has 2 unspecified atom stereocenters. The average molecular weight is 486 g/mol. The van der Waals surface area contributed by atoms with Gasteiger partial charge in [-0.3, -0.25) is 9.59 Å². The number of nitrogens with zero attached hydrogens (tertiary/aromatic N) is 3. The van der Waals surface area contributed by atoms with Gasteiger partial charge in [-0.1, -0.05) is 23.2 Å². The number of carbonyl (C=O) groups is 2. The monoisotopic (exact) mass is 485 g/mol. The van der Waals surface area contributed by atoms with Crippen molar-refractivity contribution in [1.29, 1.82) is 5.26 Å². The summed E-state index contributed by atoms with van der Waals surface area (Å²) in [4.78, 5) is 24.2. The Morgan fingerprint density at radius 1 is 1.32 bits per heavy atom. The van der Waals surface area contributed by atoms with Gasteiger partial charge in [-0.25, -0.2) is 4.72 Å². The van der Waals surface area contributed by atoms with Gasteiger partial charge >= 0.3 is 10.2 Å². The van der Waals surface area contributed by atoms with E-state index in [1.807, 2.05) is 4.72 Å². The van der Waals surface area contributed by atoms with E-state index in [4.69, 9.17) is 23.2 Å². The summed E-state index contributed by atoms with van der Waals surface area (Å²) in [6.45, 7) is 2.54. The minimum Gasteiger partial charge on any atom is -0.346 e.